The van der Waals surface area contributed by atoms with Crippen molar-refractivity contribution < 1.29 is 4.79 Å². The van der Waals surface area contributed by atoms with E-state index in [-0.39, 0.29) is 11.8 Å². The van der Waals surface area contributed by atoms with E-state index in [4.69, 9.17) is 11.6 Å². The predicted molar refractivity (Wildman–Crippen MR) is 85.9 cm³/mol. The monoisotopic (exact) mass is 393 g/mol. The molecule has 1 aliphatic rings. The Balaban J connectivity index is 2.26. The van der Waals surface area contributed by atoms with Gasteiger partial charge in [-0.25, -0.2) is 4.31 Å². The molecule has 0 amide bonds. The van der Waals surface area contributed by atoms with Gasteiger partial charge in [0.25, 0.3) is 0 Å². The average Bonchev–Trinajstić information content (AvgIpc) is 2.37. The zero-order chi connectivity index (χ0) is 13.1. The molecule has 0 N–H and O–H groups in total. The Morgan fingerprint density at radius 3 is 2.94 bits per heavy atom. The third-order valence-corrected chi connectivity index (χ3v) is 5.35. The van der Waals surface area contributed by atoms with Crippen molar-refractivity contribution in [3.63, 3.8) is 0 Å². The number of hydrogen-bond donors (Lipinski definition) is 0. The van der Waals surface area contributed by atoms with Gasteiger partial charge in [-0.1, -0.05) is 29.8 Å². The van der Waals surface area contributed by atoms with E-state index in [2.05, 4.69) is 37.7 Å². The summed E-state index contributed by atoms with van der Waals surface area (Å²) in [5.41, 5.74) is 2.10. The number of Topliss-reactive ketones (excluding diaryl/α,β-unsaturated/α-hetero) is 1. The van der Waals surface area contributed by atoms with Gasteiger partial charge in [-0.05, 0) is 40.2 Å². The summed E-state index contributed by atoms with van der Waals surface area (Å²) in [6.45, 7) is 2.32. The molecule has 0 bridgehead atoms. The van der Waals surface area contributed by atoms with Gasteiger partial charge >= 0.3 is 0 Å². The highest BCUT2D eigenvalue weighted by molar-refractivity contribution is 14.2. The molecule has 0 aliphatic carbocycles. The summed E-state index contributed by atoms with van der Waals surface area (Å²) in [4.78, 5) is 11.4. The summed E-state index contributed by atoms with van der Waals surface area (Å²) >= 11 is 8.30. The Hall–Kier alpha value is -0.0400. The molecule has 1 aliphatic heterocycles. The fourth-order valence-corrected chi connectivity index (χ4v) is 3.99. The first kappa shape index (κ1) is 14.4. The molecule has 0 saturated heterocycles. The number of hydrogen-bond acceptors (Lipinski definition) is 3. The van der Waals surface area contributed by atoms with E-state index < -0.39 is 0 Å². The van der Waals surface area contributed by atoms with E-state index >= 15 is 0 Å². The predicted octanol–water partition coefficient (Wildman–Crippen LogP) is 4.60. The molecule has 0 aromatic heterocycles. The molecule has 1 aromatic rings. The van der Waals surface area contributed by atoms with Crippen LogP contribution in [0.5, 0.6) is 0 Å². The largest absolute Gasteiger partial charge is 0.295 e. The van der Waals surface area contributed by atoms with Gasteiger partial charge in [-0.3, -0.25) is 4.79 Å². The van der Waals surface area contributed by atoms with Crippen LogP contribution in [-0.4, -0.2) is 16.6 Å². The molecule has 1 unspecified atom stereocenters. The van der Waals surface area contributed by atoms with Crippen LogP contribution in [0.2, 0.25) is 5.02 Å². The molecular formula is C13H13ClINOS. The van der Waals surface area contributed by atoms with Crippen LogP contribution >= 0.6 is 41.9 Å². The van der Waals surface area contributed by atoms with Gasteiger partial charge in [0.1, 0.15) is 0 Å². The van der Waals surface area contributed by atoms with Crippen molar-refractivity contribution in [2.45, 2.75) is 19.4 Å². The second-order valence-electron chi connectivity index (χ2n) is 4.24. The van der Waals surface area contributed by atoms with Crippen LogP contribution in [-0.2, 0) is 4.79 Å². The highest BCUT2D eigenvalue weighted by atomic mass is 127. The van der Waals surface area contributed by atoms with Gasteiger partial charge in [0.15, 0.2) is 5.78 Å². The highest BCUT2D eigenvalue weighted by Gasteiger charge is 2.26. The van der Waals surface area contributed by atoms with E-state index in [0.29, 0.717) is 6.54 Å². The second-order valence-corrected chi connectivity index (χ2v) is 6.46. The van der Waals surface area contributed by atoms with Crippen molar-refractivity contribution in [1.29, 1.82) is 0 Å². The molecule has 0 saturated carbocycles. The van der Waals surface area contributed by atoms with Crippen molar-refractivity contribution >= 4 is 47.7 Å². The zero-order valence-corrected chi connectivity index (χ0v) is 13.6. The summed E-state index contributed by atoms with van der Waals surface area (Å²) in [6.07, 6.45) is 2.91. The molecule has 18 heavy (non-hydrogen) atoms. The first-order valence-corrected chi connectivity index (χ1v) is 9.32. The van der Waals surface area contributed by atoms with Crippen molar-refractivity contribution in [1.82, 2.24) is 4.31 Å². The number of carbonyl (C=O) groups is 1. The SMILES string of the molecule is CC(=O)C1=CCC(c2cccc(Cl)c2)N(SI)C1. The fourth-order valence-electron chi connectivity index (χ4n) is 2.06. The van der Waals surface area contributed by atoms with E-state index in [1.54, 1.807) is 16.0 Å². The molecule has 0 spiro atoms. The fraction of sp³-hybridized carbons (Fsp3) is 0.308. The number of nitrogens with zero attached hydrogens (tertiary/aromatic N) is 1. The minimum atomic E-state index is 0.162. The smallest absolute Gasteiger partial charge is 0.156 e. The van der Waals surface area contributed by atoms with Crippen molar-refractivity contribution in [3.8, 4) is 0 Å². The minimum absolute atomic E-state index is 0.162. The lowest BCUT2D eigenvalue weighted by atomic mass is 9.97. The summed E-state index contributed by atoms with van der Waals surface area (Å²) < 4.78 is 2.23. The maximum absolute atomic E-state index is 11.4. The highest BCUT2D eigenvalue weighted by Crippen LogP contribution is 2.38. The maximum Gasteiger partial charge on any atom is 0.156 e. The molecule has 5 heteroatoms. The normalized spacial score (nSPS) is 20.6. The lowest BCUT2D eigenvalue weighted by Gasteiger charge is -2.32. The summed E-state index contributed by atoms with van der Waals surface area (Å²) in [6, 6.07) is 8.22. The summed E-state index contributed by atoms with van der Waals surface area (Å²) in [5.74, 6) is 0.162. The van der Waals surface area contributed by atoms with Crippen molar-refractivity contribution in [2.24, 2.45) is 0 Å². The Kier molecular flexibility index (Phi) is 5.12. The molecule has 1 atom stereocenters. The second kappa shape index (κ2) is 6.41. The number of benzene rings is 1. The minimum Gasteiger partial charge on any atom is -0.295 e. The Labute approximate surface area is 128 Å². The van der Waals surface area contributed by atoms with Crippen LogP contribution < -0.4 is 0 Å². The standard InChI is InChI=1S/C13H13ClINOS/c1-9(17)11-5-6-13(16(8-11)18-15)10-3-2-4-12(14)7-10/h2-5,7,13H,6,8H2,1H3. The molecule has 2 nitrogen and oxygen atoms in total. The van der Waals surface area contributed by atoms with Crippen LogP contribution in [0.4, 0.5) is 0 Å². The molecule has 1 heterocycles. The molecule has 96 valence electrons. The molecular weight excluding hydrogens is 381 g/mol. The Bertz CT molecular complexity index is 492. The Morgan fingerprint density at radius 2 is 2.33 bits per heavy atom. The van der Waals surface area contributed by atoms with Gasteiger partial charge in [0.05, 0.1) is 0 Å². The lowest BCUT2D eigenvalue weighted by Crippen LogP contribution is -2.28. The average molecular weight is 394 g/mol. The van der Waals surface area contributed by atoms with Gasteiger partial charge in [0, 0.05) is 44.4 Å². The van der Waals surface area contributed by atoms with Crippen LogP contribution in [0.3, 0.4) is 0 Å². The Morgan fingerprint density at radius 1 is 1.56 bits per heavy atom. The van der Waals surface area contributed by atoms with E-state index in [1.165, 1.54) is 5.56 Å². The number of ketones is 1. The molecule has 2 rings (SSSR count). The molecule has 0 radical (unpaired) electrons. The van der Waals surface area contributed by atoms with Crippen LogP contribution in [0.15, 0.2) is 35.9 Å². The third-order valence-electron chi connectivity index (χ3n) is 3.04. The number of rotatable bonds is 3. The first-order chi connectivity index (χ1) is 8.61. The number of halogens is 2. The summed E-state index contributed by atoms with van der Waals surface area (Å²) in [7, 11) is 1.64. The van der Waals surface area contributed by atoms with E-state index in [0.717, 1.165) is 17.0 Å². The van der Waals surface area contributed by atoms with Crippen LogP contribution in [0.25, 0.3) is 0 Å². The third kappa shape index (κ3) is 3.29. The van der Waals surface area contributed by atoms with Gasteiger partial charge in [0.2, 0.25) is 0 Å². The van der Waals surface area contributed by atoms with Gasteiger partial charge in [-0.2, -0.15) is 0 Å². The number of carbonyl (C=O) groups excluding carboxylic acids is 1. The zero-order valence-electron chi connectivity index (χ0n) is 9.90. The summed E-state index contributed by atoms with van der Waals surface area (Å²) in [5, 5.41) is 0.757. The molecule has 0 fully saturated rings. The van der Waals surface area contributed by atoms with Gasteiger partial charge in [-0.15, -0.1) is 0 Å². The van der Waals surface area contributed by atoms with Crippen molar-refractivity contribution in [2.75, 3.05) is 6.54 Å². The van der Waals surface area contributed by atoms with Crippen LogP contribution in [0, 0.1) is 0 Å². The first-order valence-electron chi connectivity index (χ1n) is 5.62. The quantitative estimate of drug-likeness (QED) is 0.553. The topological polar surface area (TPSA) is 20.3 Å². The molecule has 1 aromatic carbocycles. The van der Waals surface area contributed by atoms with E-state index in [1.807, 2.05) is 18.2 Å². The lowest BCUT2D eigenvalue weighted by molar-refractivity contribution is -0.113. The van der Waals surface area contributed by atoms with E-state index in [9.17, 15) is 4.79 Å². The van der Waals surface area contributed by atoms with Crippen molar-refractivity contribution in [3.05, 3.63) is 46.5 Å². The maximum atomic E-state index is 11.4. The van der Waals surface area contributed by atoms with Crippen LogP contribution in [0.1, 0.15) is 24.9 Å². The van der Waals surface area contributed by atoms with Gasteiger partial charge < -0.3 is 0 Å².